The highest BCUT2D eigenvalue weighted by Crippen LogP contribution is 2.17. The molecule has 0 bridgehead atoms. The average Bonchev–Trinajstić information content (AvgIpc) is 2.29. The van der Waals surface area contributed by atoms with Crippen LogP contribution in [0.15, 0.2) is 6.20 Å². The van der Waals surface area contributed by atoms with Gasteiger partial charge in [0.2, 0.25) is 5.28 Å². The number of nitrogens with one attached hydrogen (secondary N) is 1. The molecule has 1 aliphatic heterocycles. The Morgan fingerprint density at radius 1 is 1.38 bits per heavy atom. The van der Waals surface area contributed by atoms with Crippen LogP contribution in [0.4, 0.5) is 0 Å². The summed E-state index contributed by atoms with van der Waals surface area (Å²) in [7, 11) is 0. The Hall–Kier alpha value is -0.420. The van der Waals surface area contributed by atoms with Crippen molar-refractivity contribution in [2.24, 2.45) is 0 Å². The first-order chi connectivity index (χ1) is 7.75. The van der Waals surface area contributed by atoms with E-state index in [1.54, 1.807) is 6.20 Å². The molecule has 0 aliphatic carbocycles. The third kappa shape index (κ3) is 3.28. The van der Waals surface area contributed by atoms with Gasteiger partial charge in [0.05, 0.1) is 12.7 Å². The van der Waals surface area contributed by atoms with Crippen molar-refractivity contribution < 1.29 is 4.74 Å². The minimum absolute atomic E-state index is 0.163. The molecule has 0 unspecified atom stereocenters. The number of hydrogen-bond donors (Lipinski definition) is 1. The zero-order chi connectivity index (χ0) is 11.4. The van der Waals surface area contributed by atoms with Gasteiger partial charge in [0.15, 0.2) is 0 Å². The Morgan fingerprint density at radius 2 is 2.12 bits per heavy atom. The molecule has 4 nitrogen and oxygen atoms in total. The Kier molecular flexibility index (Phi) is 4.35. The second kappa shape index (κ2) is 5.77. The van der Waals surface area contributed by atoms with Gasteiger partial charge in [-0.05, 0) is 37.5 Å². The highest BCUT2D eigenvalue weighted by atomic mass is 35.5. The van der Waals surface area contributed by atoms with E-state index in [1.807, 2.05) is 0 Å². The first kappa shape index (κ1) is 12.0. The first-order valence-corrected chi connectivity index (χ1v) is 6.00. The van der Waals surface area contributed by atoms with E-state index in [4.69, 9.17) is 27.9 Å². The Bertz CT molecular complexity index is 356. The number of hydrogen-bond acceptors (Lipinski definition) is 4. The van der Waals surface area contributed by atoms with Gasteiger partial charge in [0.1, 0.15) is 5.15 Å². The van der Waals surface area contributed by atoms with E-state index in [0.29, 0.717) is 17.9 Å². The summed E-state index contributed by atoms with van der Waals surface area (Å²) in [5.74, 6) is 0. The minimum atomic E-state index is 0.163. The monoisotopic (exact) mass is 261 g/mol. The van der Waals surface area contributed by atoms with Crippen LogP contribution in [-0.4, -0.2) is 29.2 Å². The maximum Gasteiger partial charge on any atom is 0.223 e. The molecule has 88 valence electrons. The van der Waals surface area contributed by atoms with Crippen molar-refractivity contribution in [1.82, 2.24) is 15.3 Å². The number of ether oxygens (including phenoxy) is 1. The largest absolute Gasteiger partial charge is 0.373 e. The molecule has 1 aromatic heterocycles. The zero-order valence-corrected chi connectivity index (χ0v) is 10.3. The fourth-order valence-electron chi connectivity index (χ4n) is 1.63. The van der Waals surface area contributed by atoms with Crippen LogP contribution in [0, 0.1) is 0 Å². The SMILES string of the molecule is Clc1ncc(COC2CCNCC2)c(Cl)n1. The average molecular weight is 262 g/mol. The third-order valence-electron chi connectivity index (χ3n) is 2.54. The third-order valence-corrected chi connectivity index (χ3v) is 3.05. The van der Waals surface area contributed by atoms with Gasteiger partial charge >= 0.3 is 0 Å². The van der Waals surface area contributed by atoms with Crippen molar-refractivity contribution in [3.8, 4) is 0 Å². The summed E-state index contributed by atoms with van der Waals surface area (Å²) < 4.78 is 5.74. The summed E-state index contributed by atoms with van der Waals surface area (Å²) in [4.78, 5) is 7.75. The van der Waals surface area contributed by atoms with Gasteiger partial charge in [-0.2, -0.15) is 0 Å². The molecule has 1 aliphatic rings. The van der Waals surface area contributed by atoms with Crippen molar-refractivity contribution in [2.75, 3.05) is 13.1 Å². The highest BCUT2D eigenvalue weighted by molar-refractivity contribution is 6.32. The topological polar surface area (TPSA) is 47.0 Å². The molecule has 0 atom stereocenters. The Morgan fingerprint density at radius 3 is 2.81 bits per heavy atom. The van der Waals surface area contributed by atoms with Gasteiger partial charge in [-0.25, -0.2) is 9.97 Å². The fourth-order valence-corrected chi connectivity index (χ4v) is 1.99. The van der Waals surface area contributed by atoms with Gasteiger partial charge in [0, 0.05) is 11.8 Å². The lowest BCUT2D eigenvalue weighted by Gasteiger charge is -2.22. The quantitative estimate of drug-likeness (QED) is 0.669. The molecule has 1 fully saturated rings. The molecule has 1 aromatic rings. The van der Waals surface area contributed by atoms with Crippen molar-refractivity contribution in [3.63, 3.8) is 0 Å². The first-order valence-electron chi connectivity index (χ1n) is 5.25. The lowest BCUT2D eigenvalue weighted by molar-refractivity contribution is 0.0210. The molecule has 16 heavy (non-hydrogen) atoms. The van der Waals surface area contributed by atoms with E-state index in [2.05, 4.69) is 15.3 Å². The van der Waals surface area contributed by atoms with E-state index in [1.165, 1.54) is 0 Å². The van der Waals surface area contributed by atoms with Crippen molar-refractivity contribution in [2.45, 2.75) is 25.6 Å². The van der Waals surface area contributed by atoms with Gasteiger partial charge in [-0.15, -0.1) is 0 Å². The molecular formula is C10H13Cl2N3O. The molecule has 6 heteroatoms. The van der Waals surface area contributed by atoms with Crippen LogP contribution in [0.5, 0.6) is 0 Å². The van der Waals surface area contributed by atoms with Crippen molar-refractivity contribution >= 4 is 23.2 Å². The lowest BCUT2D eigenvalue weighted by atomic mass is 10.1. The van der Waals surface area contributed by atoms with Crippen LogP contribution in [0.3, 0.4) is 0 Å². The normalized spacial score (nSPS) is 17.6. The smallest absolute Gasteiger partial charge is 0.223 e. The molecule has 2 heterocycles. The van der Waals surface area contributed by atoms with Gasteiger partial charge < -0.3 is 10.1 Å². The molecule has 0 radical (unpaired) electrons. The van der Waals surface area contributed by atoms with Gasteiger partial charge in [-0.1, -0.05) is 11.6 Å². The summed E-state index contributed by atoms with van der Waals surface area (Å²) in [5.41, 5.74) is 0.782. The number of piperidine rings is 1. The van der Waals surface area contributed by atoms with Crippen molar-refractivity contribution in [1.29, 1.82) is 0 Å². The summed E-state index contributed by atoms with van der Waals surface area (Å²) in [6.07, 6.45) is 3.98. The van der Waals surface area contributed by atoms with E-state index in [0.717, 1.165) is 31.5 Å². The number of rotatable bonds is 3. The molecule has 0 spiro atoms. The Balaban J connectivity index is 1.88. The van der Waals surface area contributed by atoms with Crippen LogP contribution in [0.25, 0.3) is 0 Å². The molecule has 1 saturated heterocycles. The second-order valence-electron chi connectivity index (χ2n) is 3.72. The zero-order valence-electron chi connectivity index (χ0n) is 8.75. The molecule has 1 N–H and O–H groups in total. The van der Waals surface area contributed by atoms with E-state index >= 15 is 0 Å². The standard InChI is InChI=1S/C10H13Cl2N3O/c11-9-7(5-14-10(12)15-9)6-16-8-1-3-13-4-2-8/h5,8,13H,1-4,6H2. The van der Waals surface area contributed by atoms with Crippen LogP contribution < -0.4 is 5.32 Å². The van der Waals surface area contributed by atoms with Crippen LogP contribution >= 0.6 is 23.2 Å². The van der Waals surface area contributed by atoms with Crippen LogP contribution in [-0.2, 0) is 11.3 Å². The summed E-state index contributed by atoms with van der Waals surface area (Å²) in [6.45, 7) is 2.46. The van der Waals surface area contributed by atoms with Crippen LogP contribution in [0.2, 0.25) is 10.4 Å². The minimum Gasteiger partial charge on any atom is -0.373 e. The van der Waals surface area contributed by atoms with E-state index < -0.39 is 0 Å². The molecule has 0 aromatic carbocycles. The maximum atomic E-state index is 5.92. The predicted molar refractivity (Wildman–Crippen MR) is 62.7 cm³/mol. The van der Waals surface area contributed by atoms with E-state index in [9.17, 15) is 0 Å². The number of nitrogens with zero attached hydrogens (tertiary/aromatic N) is 2. The summed E-state index contributed by atoms with van der Waals surface area (Å²) in [5, 5.41) is 3.82. The second-order valence-corrected chi connectivity index (χ2v) is 4.41. The molecular weight excluding hydrogens is 249 g/mol. The summed E-state index contributed by atoms with van der Waals surface area (Å²) >= 11 is 11.5. The lowest BCUT2D eigenvalue weighted by Crippen LogP contribution is -2.32. The van der Waals surface area contributed by atoms with E-state index in [-0.39, 0.29) is 5.28 Å². The highest BCUT2D eigenvalue weighted by Gasteiger charge is 2.14. The predicted octanol–water partition coefficient (Wildman–Crippen LogP) is 2.05. The fraction of sp³-hybridized carbons (Fsp3) is 0.600. The summed E-state index contributed by atoms with van der Waals surface area (Å²) in [6, 6.07) is 0. The molecule has 0 saturated carbocycles. The maximum absolute atomic E-state index is 5.92. The van der Waals surface area contributed by atoms with Gasteiger partial charge in [-0.3, -0.25) is 0 Å². The van der Waals surface area contributed by atoms with Crippen LogP contribution in [0.1, 0.15) is 18.4 Å². The van der Waals surface area contributed by atoms with Crippen molar-refractivity contribution in [3.05, 3.63) is 22.2 Å². The molecule has 0 amide bonds. The number of aromatic nitrogens is 2. The van der Waals surface area contributed by atoms with Gasteiger partial charge in [0.25, 0.3) is 0 Å². The number of halogens is 2. The Labute approximate surface area is 104 Å². The molecule has 2 rings (SSSR count).